The van der Waals surface area contributed by atoms with Crippen molar-refractivity contribution in [3.63, 3.8) is 0 Å². The van der Waals surface area contributed by atoms with Crippen LogP contribution in [0.5, 0.6) is 5.88 Å². The number of carbonyl (C=O) groups is 1. The van der Waals surface area contributed by atoms with Crippen LogP contribution < -0.4 is 14.4 Å². The van der Waals surface area contributed by atoms with Crippen molar-refractivity contribution in [1.29, 1.82) is 0 Å². The molecule has 3 aromatic heterocycles. The number of anilines is 1. The van der Waals surface area contributed by atoms with Gasteiger partial charge in [0.25, 0.3) is 15.9 Å². The van der Waals surface area contributed by atoms with Gasteiger partial charge in [-0.15, -0.1) is 10.2 Å². The second-order valence-electron chi connectivity index (χ2n) is 12.3. The van der Waals surface area contributed by atoms with E-state index in [9.17, 15) is 26.4 Å². The van der Waals surface area contributed by atoms with Crippen molar-refractivity contribution in [3.8, 4) is 11.7 Å². The predicted octanol–water partition coefficient (Wildman–Crippen LogP) is 1.63. The lowest BCUT2D eigenvalue weighted by atomic mass is 9.28. The number of aryl methyl sites for hydroxylation is 1. The average Bonchev–Trinajstić information content (AvgIpc) is 3.59. The van der Waals surface area contributed by atoms with E-state index >= 15 is 0 Å². The third-order valence-electron chi connectivity index (χ3n) is 8.09. The number of pyridine rings is 1. The van der Waals surface area contributed by atoms with Crippen molar-refractivity contribution < 1.29 is 31.1 Å². The van der Waals surface area contributed by atoms with E-state index in [2.05, 4.69) is 20.3 Å². The first-order chi connectivity index (χ1) is 20.4. The first-order valence-corrected chi connectivity index (χ1v) is 14.9. The highest BCUT2D eigenvalue weighted by Crippen LogP contribution is 2.57. The minimum Gasteiger partial charge on any atom is -0.476 e. The topological polar surface area (TPSA) is 135 Å². The van der Waals surface area contributed by atoms with Crippen LogP contribution in [0.15, 0.2) is 35.5 Å². The van der Waals surface area contributed by atoms with Gasteiger partial charge in [-0.1, -0.05) is 5.21 Å². The number of H-pyrrole nitrogens is 1. The molecule has 2 N–H and O–H groups in total. The van der Waals surface area contributed by atoms with Gasteiger partial charge in [0.05, 0.1) is 62.1 Å². The van der Waals surface area contributed by atoms with Gasteiger partial charge in [-0.2, -0.15) is 18.3 Å². The molecule has 1 amide bonds. The van der Waals surface area contributed by atoms with Gasteiger partial charge in [-0.3, -0.25) is 9.89 Å². The Morgan fingerprint density at radius 2 is 1.82 bits per heavy atom. The molecule has 1 atom stereocenters. The minimum atomic E-state index is -4.51. The number of nitrogens with one attached hydrogen (secondary N) is 2. The van der Waals surface area contributed by atoms with Gasteiger partial charge < -0.3 is 9.64 Å². The zero-order valence-corrected chi connectivity index (χ0v) is 26.0. The van der Waals surface area contributed by atoms with E-state index in [4.69, 9.17) is 44.0 Å². The van der Waals surface area contributed by atoms with Gasteiger partial charge in [0.1, 0.15) is 17.3 Å². The molecule has 4 rings (SSSR count). The molecule has 1 aliphatic heterocycles. The van der Waals surface area contributed by atoms with Crippen LogP contribution in [0.25, 0.3) is 5.82 Å². The molecule has 228 valence electrons. The Balaban J connectivity index is 1.77. The Hall–Kier alpha value is -3.30. The summed E-state index contributed by atoms with van der Waals surface area (Å²) in [5, 5.41) is 6.83. The van der Waals surface area contributed by atoms with E-state index in [1.165, 1.54) is 40.9 Å². The predicted molar refractivity (Wildman–Crippen MR) is 164 cm³/mol. The number of alkyl halides is 3. The fourth-order valence-corrected chi connectivity index (χ4v) is 5.89. The monoisotopic (exact) mass is 633 g/mol. The summed E-state index contributed by atoms with van der Waals surface area (Å²) in [6.45, 7) is 5.93. The lowest BCUT2D eigenvalue weighted by Crippen LogP contribution is -2.49. The van der Waals surface area contributed by atoms with Crippen LogP contribution in [0.2, 0.25) is 10.3 Å². The van der Waals surface area contributed by atoms with Crippen molar-refractivity contribution in [2.24, 2.45) is 11.3 Å². The molecule has 3 aromatic rings. The Kier molecular flexibility index (Phi) is 8.60. The fraction of sp³-hybridized carbons (Fsp3) is 0.520. The van der Waals surface area contributed by atoms with Gasteiger partial charge in [0.2, 0.25) is 5.88 Å². The van der Waals surface area contributed by atoms with Crippen LogP contribution in [0, 0.1) is 18.3 Å². The molecule has 1 aliphatic rings. The number of amides is 1. The number of hydrogen-bond acceptors (Lipinski definition) is 8. The molecule has 4 heterocycles. The molecule has 0 unspecified atom stereocenters. The Morgan fingerprint density at radius 1 is 1.18 bits per heavy atom. The third kappa shape index (κ3) is 6.39. The summed E-state index contributed by atoms with van der Waals surface area (Å²) in [4.78, 5) is 19.4. The molecule has 1 saturated heterocycles. The zero-order valence-electron chi connectivity index (χ0n) is 25.2. The van der Waals surface area contributed by atoms with E-state index in [1.54, 1.807) is 13.8 Å². The number of ether oxygens (including phenoxy) is 1. The molecule has 0 bridgehead atoms. The first kappa shape index (κ1) is 34.6. The number of carbonyl (C=O) groups excluding carboxylic acids is 1. The number of halogens is 3. The Morgan fingerprint density at radius 3 is 2.36 bits per heavy atom. The van der Waals surface area contributed by atoms with E-state index in [-0.39, 0.29) is 40.2 Å². The van der Waals surface area contributed by atoms with Crippen molar-refractivity contribution >= 4 is 61.0 Å². The van der Waals surface area contributed by atoms with Crippen molar-refractivity contribution in [1.82, 2.24) is 29.7 Å². The van der Waals surface area contributed by atoms with Crippen molar-refractivity contribution in [2.45, 2.75) is 61.6 Å². The molecule has 0 spiro atoms. The summed E-state index contributed by atoms with van der Waals surface area (Å²) in [7, 11) is 26.7. The second kappa shape index (κ2) is 11.2. The highest BCUT2D eigenvalue weighted by molar-refractivity contribution is 7.90. The molecular formula is C25H27B5F3N7O4S. The molecule has 10 radical (unpaired) electrons. The van der Waals surface area contributed by atoms with E-state index in [0.717, 1.165) is 20.0 Å². The average molecular weight is 633 g/mol. The minimum absolute atomic E-state index is 0.0819. The summed E-state index contributed by atoms with van der Waals surface area (Å²) in [6.07, 6.45) is -2.08. The van der Waals surface area contributed by atoms with E-state index in [0.29, 0.717) is 0 Å². The van der Waals surface area contributed by atoms with Crippen LogP contribution in [-0.4, -0.2) is 103 Å². The van der Waals surface area contributed by atoms with Gasteiger partial charge in [0, 0.05) is 24.3 Å². The Labute approximate surface area is 265 Å². The number of rotatable bonds is 9. The number of aromatic amines is 1. The first-order valence-electron chi connectivity index (χ1n) is 13.5. The lowest BCUT2D eigenvalue weighted by molar-refractivity contribution is -0.219. The Bertz CT molecular complexity index is 1700. The van der Waals surface area contributed by atoms with Gasteiger partial charge >= 0.3 is 6.18 Å². The fourth-order valence-electron chi connectivity index (χ4n) is 4.78. The van der Waals surface area contributed by atoms with Crippen LogP contribution in [0.3, 0.4) is 0 Å². The van der Waals surface area contributed by atoms with Crippen LogP contribution in [0.1, 0.15) is 43.7 Å². The number of sulfonamides is 1. The molecule has 0 aliphatic carbocycles. The van der Waals surface area contributed by atoms with E-state index in [1.807, 2.05) is 4.72 Å². The largest absolute Gasteiger partial charge is 0.476 e. The summed E-state index contributed by atoms with van der Waals surface area (Å²) in [5.74, 6) is -2.14. The SMILES string of the molecule is [B]C([B])([B])[C@@H]1CN(c2nc(-n3ccc(OCC(C)(C)C(F)(F)F)n3)ccc2C(=O)NS(=O)(=O)c2cn[nH]c2C)C(C)(C)C1([B])[B]. The molecule has 11 nitrogen and oxygen atoms in total. The smallest absolute Gasteiger partial charge is 0.397 e. The summed E-state index contributed by atoms with van der Waals surface area (Å²) < 4.78 is 74.4. The molecule has 20 heteroatoms. The highest BCUT2D eigenvalue weighted by Gasteiger charge is 2.56. The normalized spacial score (nSPS) is 18.6. The third-order valence-corrected chi connectivity index (χ3v) is 9.53. The standard InChI is InChI=1S/C25H27B5F3N7O4S/c1-13-15(10-34-36-13)45(42,43)38-20(41)14-6-7-17(40-9-8-18(37-40)44-12-21(2,3)25(31,32)33)35-19(14)39-11-16(24(28,29)30)23(26,27)22(39,4)5/h6-10,16H,11-12H2,1-5H3,(H,34,36)(H,38,41)/t16-/m1/s1. The molecule has 1 fully saturated rings. The maximum Gasteiger partial charge on any atom is 0.397 e. The summed E-state index contributed by atoms with van der Waals surface area (Å²) in [5.41, 5.74) is -3.39. The van der Waals surface area contributed by atoms with Gasteiger partial charge in [-0.05, 0) is 52.7 Å². The second-order valence-corrected chi connectivity index (χ2v) is 13.9. The van der Waals surface area contributed by atoms with Gasteiger partial charge in [0.15, 0.2) is 5.82 Å². The van der Waals surface area contributed by atoms with Crippen molar-refractivity contribution in [2.75, 3.05) is 18.1 Å². The van der Waals surface area contributed by atoms with Gasteiger partial charge in [-0.25, -0.2) is 22.8 Å². The molecular weight excluding hydrogens is 605 g/mol. The number of nitrogens with zero attached hydrogens (tertiary/aromatic N) is 5. The number of hydrogen-bond donors (Lipinski definition) is 2. The molecule has 45 heavy (non-hydrogen) atoms. The maximum absolute atomic E-state index is 13.5. The summed E-state index contributed by atoms with van der Waals surface area (Å²) in [6, 6.07) is 3.97. The number of aromatic nitrogens is 5. The van der Waals surface area contributed by atoms with Crippen LogP contribution >= 0.6 is 0 Å². The van der Waals surface area contributed by atoms with Crippen molar-refractivity contribution in [3.05, 3.63) is 41.9 Å². The maximum atomic E-state index is 13.5. The zero-order chi connectivity index (χ0) is 34.0. The van der Waals surface area contributed by atoms with Crippen LogP contribution in [-0.2, 0) is 10.0 Å². The quantitative estimate of drug-likeness (QED) is 0.340. The highest BCUT2D eigenvalue weighted by atomic mass is 32.2. The summed E-state index contributed by atoms with van der Waals surface area (Å²) >= 11 is 0. The molecule has 0 saturated carbocycles. The molecule has 0 aromatic carbocycles. The lowest BCUT2D eigenvalue weighted by Gasteiger charge is -2.47. The van der Waals surface area contributed by atoms with E-state index < -0.39 is 55.9 Å². The van der Waals surface area contributed by atoms with Crippen LogP contribution in [0.4, 0.5) is 19.0 Å².